The molecule has 4 nitrogen and oxygen atoms in total. The maximum Gasteiger partial charge on any atom is 0.311 e. The van der Waals surface area contributed by atoms with E-state index < -0.39 is 25.7 Å². The quantitative estimate of drug-likeness (QED) is 0.387. The van der Waals surface area contributed by atoms with Gasteiger partial charge in [0.15, 0.2) is 6.29 Å². The minimum atomic E-state index is -1.61. The topological polar surface area (TPSA) is 55.8 Å². The van der Waals surface area contributed by atoms with Gasteiger partial charge in [-0.05, 0) is 32.6 Å². The second-order valence-electron chi connectivity index (χ2n) is 10.6. The van der Waals surface area contributed by atoms with Crippen LogP contribution in [0.25, 0.3) is 0 Å². The number of benzene rings is 1. The SMILES string of the molecule is CC1=C[C@H]2[C@@H]3O[C@H](c4ccccc4)OC[C@H]3CC[C@@H]2[C@@](C)(C(=O)O)[C@H]1C#C[Si](C)(C)C. The number of rotatable bonds is 2. The van der Waals surface area contributed by atoms with Crippen LogP contribution in [0.1, 0.15) is 38.5 Å². The Hall–Kier alpha value is -1.87. The van der Waals surface area contributed by atoms with Gasteiger partial charge < -0.3 is 14.6 Å². The maximum atomic E-state index is 12.7. The predicted octanol–water partition coefficient (Wildman–Crippen LogP) is 5.29. The Balaban J connectivity index is 1.70. The zero-order valence-corrected chi connectivity index (χ0v) is 20.2. The molecule has 1 saturated carbocycles. The zero-order valence-electron chi connectivity index (χ0n) is 19.2. The molecule has 2 aliphatic carbocycles. The second-order valence-corrected chi connectivity index (χ2v) is 15.4. The molecule has 166 valence electrons. The van der Waals surface area contributed by atoms with Crippen LogP contribution in [0.3, 0.4) is 0 Å². The summed E-state index contributed by atoms with van der Waals surface area (Å²) in [6, 6.07) is 10.0. The summed E-state index contributed by atoms with van der Waals surface area (Å²) in [5.41, 5.74) is 4.62. The van der Waals surface area contributed by atoms with Crippen molar-refractivity contribution in [2.24, 2.45) is 29.1 Å². The van der Waals surface area contributed by atoms with Gasteiger partial charge in [-0.1, -0.05) is 61.6 Å². The summed E-state index contributed by atoms with van der Waals surface area (Å²) < 4.78 is 12.6. The van der Waals surface area contributed by atoms with E-state index in [9.17, 15) is 9.90 Å². The van der Waals surface area contributed by atoms with Crippen LogP contribution in [0, 0.1) is 40.6 Å². The van der Waals surface area contributed by atoms with E-state index in [-0.39, 0.29) is 23.9 Å². The number of ether oxygens (including phenoxy) is 2. The van der Waals surface area contributed by atoms with Gasteiger partial charge in [0, 0.05) is 17.4 Å². The average molecular weight is 439 g/mol. The van der Waals surface area contributed by atoms with Crippen LogP contribution in [-0.2, 0) is 14.3 Å². The number of allylic oxidation sites excluding steroid dienone is 1. The molecular formula is C26H34O4Si. The number of carboxylic acid groups (broad SMARTS) is 1. The highest BCUT2D eigenvalue weighted by Crippen LogP contribution is 2.56. The van der Waals surface area contributed by atoms with Crippen LogP contribution in [0.15, 0.2) is 42.0 Å². The van der Waals surface area contributed by atoms with Crippen molar-refractivity contribution in [3.8, 4) is 11.5 Å². The van der Waals surface area contributed by atoms with Gasteiger partial charge in [-0.2, -0.15) is 0 Å². The van der Waals surface area contributed by atoms with Crippen molar-refractivity contribution >= 4 is 14.0 Å². The smallest absolute Gasteiger partial charge is 0.311 e. The molecule has 0 aromatic heterocycles. The van der Waals surface area contributed by atoms with Crippen LogP contribution in [0.2, 0.25) is 19.6 Å². The third kappa shape index (κ3) is 4.14. The molecule has 0 radical (unpaired) electrons. The predicted molar refractivity (Wildman–Crippen MR) is 124 cm³/mol. The molecule has 0 unspecified atom stereocenters. The van der Waals surface area contributed by atoms with Gasteiger partial charge >= 0.3 is 5.97 Å². The Kier molecular flexibility index (Phi) is 5.93. The van der Waals surface area contributed by atoms with Crippen LogP contribution >= 0.6 is 0 Å². The first-order valence-electron chi connectivity index (χ1n) is 11.4. The normalized spacial score (nSPS) is 37.5. The molecule has 2 fully saturated rings. The lowest BCUT2D eigenvalue weighted by Gasteiger charge is -2.54. The molecule has 0 bridgehead atoms. The molecule has 1 aromatic carbocycles. The molecule has 1 aliphatic heterocycles. The van der Waals surface area contributed by atoms with E-state index in [0.717, 1.165) is 24.0 Å². The summed E-state index contributed by atoms with van der Waals surface area (Å²) in [5, 5.41) is 10.4. The van der Waals surface area contributed by atoms with Gasteiger partial charge in [0.1, 0.15) is 8.07 Å². The van der Waals surface area contributed by atoms with Crippen molar-refractivity contribution in [3.05, 3.63) is 47.5 Å². The lowest BCUT2D eigenvalue weighted by atomic mass is 9.52. The summed E-state index contributed by atoms with van der Waals surface area (Å²) in [6.07, 6.45) is 3.65. The maximum absolute atomic E-state index is 12.7. The van der Waals surface area contributed by atoms with Gasteiger partial charge in [0.2, 0.25) is 0 Å². The van der Waals surface area contributed by atoms with Crippen molar-refractivity contribution in [1.82, 2.24) is 0 Å². The average Bonchev–Trinajstić information content (AvgIpc) is 2.72. The first kappa shape index (κ1) is 22.3. The van der Waals surface area contributed by atoms with E-state index >= 15 is 0 Å². The zero-order chi connectivity index (χ0) is 22.4. The van der Waals surface area contributed by atoms with Gasteiger partial charge in [-0.3, -0.25) is 4.79 Å². The van der Waals surface area contributed by atoms with Crippen LogP contribution in [-0.4, -0.2) is 31.9 Å². The van der Waals surface area contributed by atoms with E-state index in [1.807, 2.05) is 37.3 Å². The van der Waals surface area contributed by atoms with E-state index in [1.54, 1.807) is 0 Å². The van der Waals surface area contributed by atoms with Crippen molar-refractivity contribution < 1.29 is 19.4 Å². The third-order valence-corrected chi connectivity index (χ3v) is 8.20. The highest BCUT2D eigenvalue weighted by Gasteiger charge is 2.58. The number of carbonyl (C=O) groups is 1. The first-order chi connectivity index (χ1) is 14.6. The number of fused-ring (bicyclic) bond motifs is 3. The molecule has 1 aromatic rings. The minimum Gasteiger partial charge on any atom is -0.481 e. The Morgan fingerprint density at radius 1 is 1.19 bits per heavy atom. The molecule has 5 heteroatoms. The number of hydrogen-bond donors (Lipinski definition) is 1. The molecule has 1 N–H and O–H groups in total. The van der Waals surface area contributed by atoms with Gasteiger partial charge in [0.25, 0.3) is 0 Å². The van der Waals surface area contributed by atoms with Gasteiger partial charge in [-0.15, -0.1) is 11.5 Å². The fourth-order valence-corrected chi connectivity index (χ4v) is 6.26. The second kappa shape index (κ2) is 8.24. The molecule has 4 rings (SSSR count). The van der Waals surface area contributed by atoms with Crippen molar-refractivity contribution in [1.29, 1.82) is 0 Å². The van der Waals surface area contributed by atoms with E-state index in [0.29, 0.717) is 12.5 Å². The third-order valence-electron chi connectivity index (χ3n) is 7.30. The first-order valence-corrected chi connectivity index (χ1v) is 14.9. The van der Waals surface area contributed by atoms with Crippen LogP contribution in [0.4, 0.5) is 0 Å². The summed E-state index contributed by atoms with van der Waals surface area (Å²) in [5.74, 6) is 2.80. The molecule has 0 amide bonds. The Bertz CT molecular complexity index is 922. The Labute approximate surface area is 187 Å². The largest absolute Gasteiger partial charge is 0.481 e. The number of hydrogen-bond acceptors (Lipinski definition) is 3. The number of carboxylic acids is 1. The number of aliphatic carboxylic acids is 1. The molecule has 3 aliphatic rings. The monoisotopic (exact) mass is 438 g/mol. The Morgan fingerprint density at radius 3 is 2.55 bits per heavy atom. The summed E-state index contributed by atoms with van der Waals surface area (Å²) in [6.45, 7) is 11.2. The summed E-state index contributed by atoms with van der Waals surface area (Å²) >= 11 is 0. The molecule has 0 spiro atoms. The Morgan fingerprint density at radius 2 is 1.90 bits per heavy atom. The van der Waals surface area contributed by atoms with Crippen LogP contribution < -0.4 is 0 Å². The summed E-state index contributed by atoms with van der Waals surface area (Å²) in [7, 11) is -1.61. The summed E-state index contributed by atoms with van der Waals surface area (Å²) in [4.78, 5) is 12.7. The highest BCUT2D eigenvalue weighted by molar-refractivity contribution is 6.83. The van der Waals surface area contributed by atoms with Gasteiger partial charge in [-0.25, -0.2) is 0 Å². The minimum absolute atomic E-state index is 0.00501. The van der Waals surface area contributed by atoms with E-state index in [1.165, 1.54) is 0 Å². The molecule has 7 atom stereocenters. The standard InChI is InChI=1S/C26H34O4Si/c1-17-15-20-22(26(2,25(27)28)21(17)13-14-31(3,4)5)12-11-19-16-29-24(30-23(19)20)18-9-7-6-8-10-18/h6-10,15,19-24H,11-12,16H2,1-5H3,(H,27,28)/t19-,20-,21+,22+,23-,24-,26+/m1/s1. The molecule has 31 heavy (non-hydrogen) atoms. The van der Waals surface area contributed by atoms with Crippen LogP contribution in [0.5, 0.6) is 0 Å². The fourth-order valence-electron chi connectivity index (χ4n) is 5.68. The molecular weight excluding hydrogens is 404 g/mol. The van der Waals surface area contributed by atoms with E-state index in [4.69, 9.17) is 9.47 Å². The van der Waals surface area contributed by atoms with Crippen molar-refractivity contribution in [3.63, 3.8) is 0 Å². The van der Waals surface area contributed by atoms with Crippen molar-refractivity contribution in [2.45, 2.75) is 58.7 Å². The van der Waals surface area contributed by atoms with E-state index in [2.05, 4.69) is 44.1 Å². The lowest BCUT2D eigenvalue weighted by Crippen LogP contribution is -2.56. The van der Waals surface area contributed by atoms with Crippen molar-refractivity contribution in [2.75, 3.05) is 6.61 Å². The molecule has 1 heterocycles. The molecule has 1 saturated heterocycles. The fraction of sp³-hybridized carbons (Fsp3) is 0.577. The highest BCUT2D eigenvalue weighted by atomic mass is 28.3. The van der Waals surface area contributed by atoms with Gasteiger partial charge in [0.05, 0.1) is 24.0 Å². The lowest BCUT2D eigenvalue weighted by molar-refractivity contribution is -0.267.